The highest BCUT2D eigenvalue weighted by Gasteiger charge is 2.03. The van der Waals surface area contributed by atoms with Crippen LogP contribution in [0.3, 0.4) is 0 Å². The van der Waals surface area contributed by atoms with Crippen molar-refractivity contribution in [3.8, 4) is 5.75 Å². The molecule has 0 radical (unpaired) electrons. The molecule has 0 bridgehead atoms. The number of benzene rings is 2. The Morgan fingerprint density at radius 3 is 2.12 bits per heavy atom. The summed E-state index contributed by atoms with van der Waals surface area (Å²) in [5.74, 6) is 0.636. The molecule has 24 heavy (non-hydrogen) atoms. The molecule has 0 atom stereocenters. The minimum atomic E-state index is -0.164. The number of rotatable bonds is 9. The van der Waals surface area contributed by atoms with E-state index in [0.717, 1.165) is 22.4 Å². The molecule has 0 saturated heterocycles. The third-order valence-corrected chi connectivity index (χ3v) is 3.68. The highest BCUT2D eigenvalue weighted by atomic mass is 16.5. The largest absolute Gasteiger partial charge is 0.489 e. The van der Waals surface area contributed by atoms with E-state index in [4.69, 9.17) is 14.6 Å². The van der Waals surface area contributed by atoms with Crippen LogP contribution in [0.5, 0.6) is 5.75 Å². The van der Waals surface area contributed by atoms with Gasteiger partial charge in [-0.2, -0.15) is 0 Å². The standard InChI is InChI=1S/C20H24O4/c1-2-23-20(22)12-9-16-7-10-19(11-8-16)24-15-18-5-3-17(4-6-18)13-14-21/h3-8,10-11,21H,2,9,12-15H2,1H3. The lowest BCUT2D eigenvalue weighted by Crippen LogP contribution is -2.05. The van der Waals surface area contributed by atoms with Crippen molar-refractivity contribution in [2.45, 2.75) is 32.8 Å². The second-order valence-corrected chi connectivity index (χ2v) is 5.53. The van der Waals surface area contributed by atoms with Crippen LogP contribution in [-0.2, 0) is 29.0 Å². The van der Waals surface area contributed by atoms with Crippen LogP contribution in [0.15, 0.2) is 48.5 Å². The molecule has 2 aromatic rings. The van der Waals surface area contributed by atoms with Crippen molar-refractivity contribution in [1.82, 2.24) is 0 Å². The van der Waals surface area contributed by atoms with Gasteiger partial charge in [-0.3, -0.25) is 4.79 Å². The van der Waals surface area contributed by atoms with Gasteiger partial charge in [0.25, 0.3) is 0 Å². The van der Waals surface area contributed by atoms with E-state index in [1.165, 1.54) is 0 Å². The Bertz CT molecular complexity index is 617. The second-order valence-electron chi connectivity index (χ2n) is 5.53. The summed E-state index contributed by atoms with van der Waals surface area (Å²) in [4.78, 5) is 11.3. The first-order chi connectivity index (χ1) is 11.7. The normalized spacial score (nSPS) is 10.4. The summed E-state index contributed by atoms with van der Waals surface area (Å²) >= 11 is 0. The fourth-order valence-corrected chi connectivity index (χ4v) is 2.33. The van der Waals surface area contributed by atoms with Gasteiger partial charge in [0.05, 0.1) is 6.61 Å². The summed E-state index contributed by atoms with van der Waals surface area (Å²) in [6, 6.07) is 15.8. The average Bonchev–Trinajstić information content (AvgIpc) is 2.61. The molecule has 2 aromatic carbocycles. The SMILES string of the molecule is CCOC(=O)CCc1ccc(OCc2ccc(CCO)cc2)cc1. The first kappa shape index (κ1) is 18.0. The summed E-state index contributed by atoms with van der Waals surface area (Å²) in [7, 11) is 0. The van der Waals surface area contributed by atoms with Gasteiger partial charge in [-0.05, 0) is 48.6 Å². The van der Waals surface area contributed by atoms with Crippen molar-refractivity contribution in [2.75, 3.05) is 13.2 Å². The Kier molecular flexibility index (Phi) is 7.30. The number of aliphatic hydroxyl groups is 1. The van der Waals surface area contributed by atoms with Crippen LogP contribution in [0.25, 0.3) is 0 Å². The number of hydrogen-bond donors (Lipinski definition) is 1. The van der Waals surface area contributed by atoms with E-state index in [1.54, 1.807) is 0 Å². The number of ether oxygens (including phenoxy) is 2. The van der Waals surface area contributed by atoms with Crippen LogP contribution in [-0.4, -0.2) is 24.3 Å². The van der Waals surface area contributed by atoms with Gasteiger partial charge >= 0.3 is 5.97 Å². The lowest BCUT2D eigenvalue weighted by atomic mass is 10.1. The highest BCUT2D eigenvalue weighted by molar-refractivity contribution is 5.69. The molecule has 0 aromatic heterocycles. The lowest BCUT2D eigenvalue weighted by molar-refractivity contribution is -0.143. The fraction of sp³-hybridized carbons (Fsp3) is 0.350. The highest BCUT2D eigenvalue weighted by Crippen LogP contribution is 2.16. The molecule has 0 heterocycles. The molecule has 0 spiro atoms. The molecule has 128 valence electrons. The first-order valence-electron chi connectivity index (χ1n) is 8.27. The first-order valence-corrected chi connectivity index (χ1v) is 8.27. The predicted molar refractivity (Wildman–Crippen MR) is 93.0 cm³/mol. The third kappa shape index (κ3) is 6.05. The Hall–Kier alpha value is -2.33. The molecule has 1 N–H and O–H groups in total. The van der Waals surface area contributed by atoms with E-state index >= 15 is 0 Å². The molecule has 0 aliphatic carbocycles. The van der Waals surface area contributed by atoms with Gasteiger partial charge in [0.1, 0.15) is 12.4 Å². The van der Waals surface area contributed by atoms with Crippen LogP contribution in [0, 0.1) is 0 Å². The molecule has 4 nitrogen and oxygen atoms in total. The number of hydrogen-bond acceptors (Lipinski definition) is 4. The molecule has 0 aliphatic rings. The lowest BCUT2D eigenvalue weighted by Gasteiger charge is -2.08. The molecule has 0 saturated carbocycles. The molecular weight excluding hydrogens is 304 g/mol. The maximum atomic E-state index is 11.3. The van der Waals surface area contributed by atoms with Gasteiger partial charge in [0.15, 0.2) is 0 Å². The van der Waals surface area contributed by atoms with Gasteiger partial charge in [0, 0.05) is 13.0 Å². The van der Waals surface area contributed by atoms with E-state index in [1.807, 2.05) is 55.5 Å². The Labute approximate surface area is 143 Å². The van der Waals surface area contributed by atoms with Crippen LogP contribution in [0.4, 0.5) is 0 Å². The number of aliphatic hydroxyl groups excluding tert-OH is 1. The van der Waals surface area contributed by atoms with Crippen molar-refractivity contribution >= 4 is 5.97 Å². The van der Waals surface area contributed by atoms with Gasteiger partial charge < -0.3 is 14.6 Å². The van der Waals surface area contributed by atoms with Crippen molar-refractivity contribution < 1.29 is 19.4 Å². The van der Waals surface area contributed by atoms with Crippen LogP contribution in [0.2, 0.25) is 0 Å². The fourth-order valence-electron chi connectivity index (χ4n) is 2.33. The van der Waals surface area contributed by atoms with Gasteiger partial charge in [-0.15, -0.1) is 0 Å². The predicted octanol–water partition coefficient (Wildman–Crippen LogP) is 3.30. The van der Waals surface area contributed by atoms with E-state index in [0.29, 0.717) is 32.5 Å². The Balaban J connectivity index is 1.80. The summed E-state index contributed by atoms with van der Waals surface area (Å²) in [6.07, 6.45) is 1.74. The van der Waals surface area contributed by atoms with Crippen LogP contribution >= 0.6 is 0 Å². The molecule has 0 unspecified atom stereocenters. The molecule has 0 fully saturated rings. The van der Waals surface area contributed by atoms with E-state index in [-0.39, 0.29) is 12.6 Å². The van der Waals surface area contributed by atoms with Crippen LogP contribution < -0.4 is 4.74 Å². The third-order valence-electron chi connectivity index (χ3n) is 3.68. The molecule has 4 heteroatoms. The Morgan fingerprint density at radius 1 is 0.917 bits per heavy atom. The number of carbonyl (C=O) groups is 1. The monoisotopic (exact) mass is 328 g/mol. The minimum Gasteiger partial charge on any atom is -0.489 e. The second kappa shape index (κ2) is 9.73. The quantitative estimate of drug-likeness (QED) is 0.718. The zero-order valence-electron chi connectivity index (χ0n) is 14.0. The summed E-state index contributed by atoms with van der Waals surface area (Å²) in [6.45, 7) is 2.90. The maximum Gasteiger partial charge on any atom is 0.306 e. The van der Waals surface area contributed by atoms with E-state index in [2.05, 4.69) is 0 Å². The van der Waals surface area contributed by atoms with Gasteiger partial charge in [-0.1, -0.05) is 36.4 Å². The molecule has 2 rings (SSSR count). The van der Waals surface area contributed by atoms with Gasteiger partial charge in [0.2, 0.25) is 0 Å². The summed E-state index contributed by atoms with van der Waals surface area (Å²) in [5.41, 5.74) is 3.29. The van der Waals surface area contributed by atoms with Crippen molar-refractivity contribution in [2.24, 2.45) is 0 Å². The average molecular weight is 328 g/mol. The van der Waals surface area contributed by atoms with Gasteiger partial charge in [-0.25, -0.2) is 0 Å². The van der Waals surface area contributed by atoms with Crippen molar-refractivity contribution in [3.63, 3.8) is 0 Å². The Morgan fingerprint density at radius 2 is 1.50 bits per heavy atom. The van der Waals surface area contributed by atoms with Crippen molar-refractivity contribution in [3.05, 3.63) is 65.2 Å². The summed E-state index contributed by atoms with van der Waals surface area (Å²) < 4.78 is 10.7. The zero-order valence-corrected chi connectivity index (χ0v) is 14.0. The molecule has 0 amide bonds. The van der Waals surface area contributed by atoms with E-state index < -0.39 is 0 Å². The number of esters is 1. The smallest absolute Gasteiger partial charge is 0.306 e. The van der Waals surface area contributed by atoms with Crippen molar-refractivity contribution in [1.29, 1.82) is 0 Å². The zero-order chi connectivity index (χ0) is 17.2. The minimum absolute atomic E-state index is 0.164. The van der Waals surface area contributed by atoms with Crippen LogP contribution in [0.1, 0.15) is 30.0 Å². The number of carbonyl (C=O) groups excluding carboxylic acids is 1. The maximum absolute atomic E-state index is 11.3. The molecule has 0 aliphatic heterocycles. The molecular formula is C20H24O4. The topological polar surface area (TPSA) is 55.8 Å². The number of aryl methyl sites for hydroxylation is 1. The summed E-state index contributed by atoms with van der Waals surface area (Å²) in [5, 5.41) is 8.91. The van der Waals surface area contributed by atoms with E-state index in [9.17, 15) is 4.79 Å².